The van der Waals surface area contributed by atoms with Crippen LogP contribution in [0.5, 0.6) is 0 Å². The van der Waals surface area contributed by atoms with E-state index < -0.39 is 15.8 Å². The van der Waals surface area contributed by atoms with Gasteiger partial charge in [-0.1, -0.05) is 12.1 Å². The molecular formula is C21H28N4O4S. The van der Waals surface area contributed by atoms with E-state index in [4.69, 9.17) is 5.26 Å². The molecule has 0 spiro atoms. The summed E-state index contributed by atoms with van der Waals surface area (Å²) in [5.74, 6) is -0.580. The smallest absolute Gasteiger partial charge is 0.228 e. The van der Waals surface area contributed by atoms with Crippen LogP contribution < -0.4 is 0 Å². The quantitative estimate of drug-likeness (QED) is 0.621. The number of carbonyl (C=O) groups is 2. The molecule has 30 heavy (non-hydrogen) atoms. The van der Waals surface area contributed by atoms with Gasteiger partial charge in [-0.05, 0) is 38.2 Å². The summed E-state index contributed by atoms with van der Waals surface area (Å²) in [5.41, 5.74) is 1.48. The van der Waals surface area contributed by atoms with Gasteiger partial charge in [0.05, 0.1) is 29.1 Å². The summed E-state index contributed by atoms with van der Waals surface area (Å²) in [4.78, 5) is 31.2. The van der Waals surface area contributed by atoms with Gasteiger partial charge in [-0.3, -0.25) is 9.59 Å². The third-order valence-electron chi connectivity index (χ3n) is 5.74. The number of likely N-dealkylation sites (tertiary alicyclic amines) is 1. The average Bonchev–Trinajstić information content (AvgIpc) is 3.26. The summed E-state index contributed by atoms with van der Waals surface area (Å²) in [6, 6.07) is 8.90. The van der Waals surface area contributed by atoms with E-state index in [0.29, 0.717) is 31.6 Å². The zero-order valence-corrected chi connectivity index (χ0v) is 18.3. The SMILES string of the molecule is CN(C)CCN(Cc1ccc(C#N)cc1)C(=O)[C@@H]1CC(=O)N([C@@H]2CCS(=O)(=O)C2)C1. The van der Waals surface area contributed by atoms with Gasteiger partial charge in [0.25, 0.3) is 0 Å². The van der Waals surface area contributed by atoms with E-state index in [1.807, 2.05) is 31.1 Å². The molecule has 2 saturated heterocycles. The van der Waals surface area contributed by atoms with E-state index in [2.05, 4.69) is 6.07 Å². The molecule has 0 saturated carbocycles. The number of carbonyl (C=O) groups excluding carboxylic acids is 2. The van der Waals surface area contributed by atoms with E-state index in [9.17, 15) is 18.0 Å². The molecule has 0 aliphatic carbocycles. The summed E-state index contributed by atoms with van der Waals surface area (Å²) in [7, 11) is 0.780. The van der Waals surface area contributed by atoms with Crippen LogP contribution in [-0.2, 0) is 26.0 Å². The second kappa shape index (κ2) is 9.14. The van der Waals surface area contributed by atoms with Gasteiger partial charge in [-0.25, -0.2) is 8.42 Å². The fraction of sp³-hybridized carbons (Fsp3) is 0.571. The van der Waals surface area contributed by atoms with Crippen LogP contribution in [-0.4, -0.2) is 86.2 Å². The van der Waals surface area contributed by atoms with Gasteiger partial charge >= 0.3 is 0 Å². The zero-order valence-electron chi connectivity index (χ0n) is 17.5. The lowest BCUT2D eigenvalue weighted by atomic mass is 10.1. The fourth-order valence-corrected chi connectivity index (χ4v) is 5.75. The second-order valence-electron chi connectivity index (χ2n) is 8.38. The molecule has 1 aromatic carbocycles. The van der Waals surface area contributed by atoms with Crippen LogP contribution in [0.3, 0.4) is 0 Å². The van der Waals surface area contributed by atoms with Crippen molar-refractivity contribution in [3.05, 3.63) is 35.4 Å². The first kappa shape index (κ1) is 22.2. The van der Waals surface area contributed by atoms with Gasteiger partial charge in [0.1, 0.15) is 0 Å². The maximum atomic E-state index is 13.3. The normalized spacial score (nSPS) is 23.0. The van der Waals surface area contributed by atoms with Gasteiger partial charge in [-0.15, -0.1) is 0 Å². The number of nitrogens with zero attached hydrogens (tertiary/aromatic N) is 4. The molecule has 3 rings (SSSR count). The van der Waals surface area contributed by atoms with Crippen LogP contribution >= 0.6 is 0 Å². The van der Waals surface area contributed by atoms with Crippen molar-refractivity contribution in [1.82, 2.24) is 14.7 Å². The van der Waals surface area contributed by atoms with E-state index in [-0.39, 0.29) is 42.3 Å². The Morgan fingerprint density at radius 1 is 1.23 bits per heavy atom. The lowest BCUT2D eigenvalue weighted by Gasteiger charge is -2.28. The minimum absolute atomic E-state index is 0.00473. The molecular weight excluding hydrogens is 404 g/mol. The molecule has 162 valence electrons. The first-order valence-corrected chi connectivity index (χ1v) is 11.9. The van der Waals surface area contributed by atoms with Crippen molar-refractivity contribution in [2.75, 3.05) is 45.2 Å². The highest BCUT2D eigenvalue weighted by Gasteiger charge is 2.42. The van der Waals surface area contributed by atoms with Crippen LogP contribution in [0.1, 0.15) is 24.0 Å². The van der Waals surface area contributed by atoms with Crippen LogP contribution in [0.4, 0.5) is 0 Å². The Bertz CT molecular complexity index is 937. The Kier molecular flexibility index (Phi) is 6.78. The van der Waals surface area contributed by atoms with E-state index in [1.165, 1.54) is 0 Å². The third-order valence-corrected chi connectivity index (χ3v) is 7.49. The minimum atomic E-state index is -3.09. The van der Waals surface area contributed by atoms with Gasteiger partial charge < -0.3 is 14.7 Å². The molecule has 9 heteroatoms. The first-order chi connectivity index (χ1) is 14.2. The number of rotatable bonds is 7. The maximum Gasteiger partial charge on any atom is 0.228 e. The number of hydrogen-bond acceptors (Lipinski definition) is 6. The van der Waals surface area contributed by atoms with Crippen molar-refractivity contribution in [2.24, 2.45) is 5.92 Å². The lowest BCUT2D eigenvalue weighted by Crippen LogP contribution is -2.42. The van der Waals surface area contributed by atoms with Gasteiger partial charge in [0.2, 0.25) is 11.8 Å². The zero-order chi connectivity index (χ0) is 21.9. The number of nitriles is 1. The average molecular weight is 433 g/mol. The largest absolute Gasteiger partial charge is 0.338 e. The van der Waals surface area contributed by atoms with Crippen molar-refractivity contribution < 1.29 is 18.0 Å². The Hall–Kier alpha value is -2.44. The van der Waals surface area contributed by atoms with Crippen molar-refractivity contribution in [3.63, 3.8) is 0 Å². The molecule has 2 aliphatic heterocycles. The summed E-state index contributed by atoms with van der Waals surface area (Å²) in [6.07, 6.45) is 0.575. The number of hydrogen-bond donors (Lipinski definition) is 0. The van der Waals surface area contributed by atoms with Gasteiger partial charge in [0.15, 0.2) is 9.84 Å². The summed E-state index contributed by atoms with van der Waals surface area (Å²) in [6.45, 7) is 1.90. The molecule has 2 atom stereocenters. The van der Waals surface area contributed by atoms with E-state index in [0.717, 1.165) is 5.56 Å². The van der Waals surface area contributed by atoms with E-state index in [1.54, 1.807) is 21.9 Å². The van der Waals surface area contributed by atoms with Crippen LogP contribution in [0.2, 0.25) is 0 Å². The molecule has 0 aromatic heterocycles. The Morgan fingerprint density at radius 2 is 1.93 bits per heavy atom. The summed E-state index contributed by atoms with van der Waals surface area (Å²) < 4.78 is 23.6. The summed E-state index contributed by atoms with van der Waals surface area (Å²) in [5, 5.41) is 8.97. The predicted octanol–water partition coefficient (Wildman–Crippen LogP) is 0.484. The Labute approximate surface area is 178 Å². The minimum Gasteiger partial charge on any atom is -0.338 e. The number of amides is 2. The van der Waals surface area contributed by atoms with E-state index >= 15 is 0 Å². The highest BCUT2D eigenvalue weighted by Crippen LogP contribution is 2.27. The molecule has 2 aliphatic rings. The number of sulfone groups is 1. The highest BCUT2D eigenvalue weighted by atomic mass is 32.2. The molecule has 0 unspecified atom stereocenters. The number of benzene rings is 1. The van der Waals surface area contributed by atoms with Crippen LogP contribution in [0.25, 0.3) is 0 Å². The molecule has 2 amide bonds. The monoisotopic (exact) mass is 432 g/mol. The first-order valence-electron chi connectivity index (χ1n) is 10.1. The molecule has 2 fully saturated rings. The molecule has 0 radical (unpaired) electrons. The van der Waals surface area contributed by atoms with Crippen molar-refractivity contribution in [2.45, 2.75) is 25.4 Å². The highest BCUT2D eigenvalue weighted by molar-refractivity contribution is 7.91. The molecule has 0 bridgehead atoms. The van der Waals surface area contributed by atoms with Crippen molar-refractivity contribution >= 4 is 21.7 Å². The van der Waals surface area contributed by atoms with Gasteiger partial charge in [-0.2, -0.15) is 5.26 Å². The van der Waals surface area contributed by atoms with Crippen LogP contribution in [0, 0.1) is 17.2 Å². The molecule has 2 heterocycles. The molecule has 0 N–H and O–H groups in total. The maximum absolute atomic E-state index is 13.3. The topological polar surface area (TPSA) is 102 Å². The lowest BCUT2D eigenvalue weighted by molar-refractivity contribution is -0.136. The third kappa shape index (κ3) is 5.37. The Balaban J connectivity index is 1.70. The predicted molar refractivity (Wildman–Crippen MR) is 112 cm³/mol. The van der Waals surface area contributed by atoms with Crippen LogP contribution in [0.15, 0.2) is 24.3 Å². The number of likely N-dealkylation sites (N-methyl/N-ethyl adjacent to an activating group) is 1. The van der Waals surface area contributed by atoms with Crippen molar-refractivity contribution in [3.8, 4) is 6.07 Å². The standard InChI is InChI=1S/C21H28N4O4S/c1-23(2)8-9-24(13-17-5-3-16(12-22)4-6-17)21(27)18-11-20(26)25(14-18)19-7-10-30(28,29)15-19/h3-6,18-19H,7-11,13-15H2,1-2H3/t18-,19-/m1/s1. The van der Waals surface area contributed by atoms with Gasteiger partial charge in [0, 0.05) is 38.6 Å². The second-order valence-corrected chi connectivity index (χ2v) is 10.6. The fourth-order valence-electron chi connectivity index (χ4n) is 4.02. The summed E-state index contributed by atoms with van der Waals surface area (Å²) >= 11 is 0. The molecule has 1 aromatic rings. The molecule has 8 nitrogen and oxygen atoms in total. The van der Waals surface area contributed by atoms with Crippen molar-refractivity contribution in [1.29, 1.82) is 5.26 Å². The Morgan fingerprint density at radius 3 is 2.50 bits per heavy atom.